The molecular formula is C16H17BrN2O3S2. The van der Waals surface area contributed by atoms with E-state index in [0.29, 0.717) is 10.0 Å². The summed E-state index contributed by atoms with van der Waals surface area (Å²) in [4.78, 5) is 13.7. The van der Waals surface area contributed by atoms with Gasteiger partial charge < -0.3 is 5.32 Å². The average Bonchev–Trinajstić information content (AvgIpc) is 3.15. The van der Waals surface area contributed by atoms with E-state index in [1.807, 2.05) is 24.4 Å². The molecule has 1 saturated carbocycles. The lowest BCUT2D eigenvalue weighted by Gasteiger charge is -2.14. The predicted molar refractivity (Wildman–Crippen MR) is 97.7 cm³/mol. The van der Waals surface area contributed by atoms with Gasteiger partial charge in [0.2, 0.25) is 10.0 Å². The molecule has 1 unspecified atom stereocenters. The number of rotatable bonds is 6. The van der Waals surface area contributed by atoms with Crippen LogP contribution in [0.4, 0.5) is 0 Å². The van der Waals surface area contributed by atoms with Crippen LogP contribution in [0.5, 0.6) is 0 Å². The first-order valence-corrected chi connectivity index (χ1v) is 10.7. The first kappa shape index (κ1) is 17.6. The molecule has 1 aromatic carbocycles. The van der Waals surface area contributed by atoms with Gasteiger partial charge in [-0.1, -0.05) is 6.07 Å². The number of carbonyl (C=O) groups is 1. The fourth-order valence-corrected chi connectivity index (χ4v) is 4.71. The number of benzene rings is 1. The molecule has 0 radical (unpaired) electrons. The first-order valence-electron chi connectivity index (χ1n) is 7.53. The van der Waals surface area contributed by atoms with E-state index in [-0.39, 0.29) is 22.9 Å². The molecule has 0 spiro atoms. The maximum atomic E-state index is 12.5. The summed E-state index contributed by atoms with van der Waals surface area (Å²) in [5, 5.41) is 4.85. The normalized spacial score (nSPS) is 15.9. The van der Waals surface area contributed by atoms with Gasteiger partial charge in [0.1, 0.15) is 0 Å². The second kappa shape index (κ2) is 6.95. The molecule has 1 fully saturated rings. The molecule has 5 nitrogen and oxygen atoms in total. The second-order valence-electron chi connectivity index (χ2n) is 5.75. The van der Waals surface area contributed by atoms with Crippen molar-refractivity contribution < 1.29 is 13.2 Å². The molecule has 1 aromatic heterocycles. The van der Waals surface area contributed by atoms with Crippen LogP contribution in [0.15, 0.2) is 45.1 Å². The summed E-state index contributed by atoms with van der Waals surface area (Å²) in [6.45, 7) is 1.90. The van der Waals surface area contributed by atoms with Crippen LogP contribution in [-0.2, 0) is 10.0 Å². The summed E-state index contributed by atoms with van der Waals surface area (Å²) in [5.74, 6) is -0.314. The Balaban J connectivity index is 1.81. The molecular weight excluding hydrogens is 412 g/mol. The molecule has 128 valence electrons. The van der Waals surface area contributed by atoms with E-state index in [9.17, 15) is 13.2 Å². The van der Waals surface area contributed by atoms with Crippen molar-refractivity contribution in [3.8, 4) is 0 Å². The monoisotopic (exact) mass is 428 g/mol. The first-order chi connectivity index (χ1) is 11.4. The van der Waals surface area contributed by atoms with Gasteiger partial charge in [-0.15, -0.1) is 11.3 Å². The largest absolute Gasteiger partial charge is 0.345 e. The number of carbonyl (C=O) groups excluding carboxylic acids is 1. The predicted octanol–water partition coefficient (Wildman–Crippen LogP) is 3.44. The lowest BCUT2D eigenvalue weighted by molar-refractivity contribution is 0.0939. The number of sulfonamides is 1. The topological polar surface area (TPSA) is 75.3 Å². The van der Waals surface area contributed by atoms with Crippen molar-refractivity contribution in [2.24, 2.45) is 0 Å². The third kappa shape index (κ3) is 4.05. The van der Waals surface area contributed by atoms with Crippen molar-refractivity contribution in [1.29, 1.82) is 0 Å². The zero-order valence-corrected chi connectivity index (χ0v) is 16.2. The molecule has 1 aliphatic carbocycles. The standard InChI is InChI=1S/C16H17BrN2O3S2/c1-10(15-3-2-8-23-15)18-16(20)13-9-12(6-7-14(13)17)24(21,22)19-11-4-5-11/h2-3,6-11,19H,4-5H2,1H3,(H,18,20). The molecule has 0 aliphatic heterocycles. The van der Waals surface area contributed by atoms with Crippen molar-refractivity contribution in [2.75, 3.05) is 0 Å². The Morgan fingerprint density at radius 3 is 2.71 bits per heavy atom. The van der Waals surface area contributed by atoms with Gasteiger partial charge in [-0.05, 0) is 65.3 Å². The highest BCUT2D eigenvalue weighted by atomic mass is 79.9. The van der Waals surface area contributed by atoms with Gasteiger partial charge in [0.25, 0.3) is 5.91 Å². The molecule has 0 bridgehead atoms. The van der Waals surface area contributed by atoms with Gasteiger partial charge in [-0.3, -0.25) is 4.79 Å². The van der Waals surface area contributed by atoms with E-state index in [0.717, 1.165) is 17.7 Å². The SMILES string of the molecule is CC(NC(=O)c1cc(S(=O)(=O)NC2CC2)ccc1Br)c1cccs1. The number of thiophene rings is 1. The van der Waals surface area contributed by atoms with E-state index in [1.165, 1.54) is 12.1 Å². The molecule has 3 rings (SSSR count). The van der Waals surface area contributed by atoms with Gasteiger partial charge in [0.05, 0.1) is 16.5 Å². The Kier molecular flexibility index (Phi) is 5.10. The van der Waals surface area contributed by atoms with Gasteiger partial charge in [0.15, 0.2) is 0 Å². The van der Waals surface area contributed by atoms with Crippen molar-refractivity contribution in [3.63, 3.8) is 0 Å². The number of hydrogen-bond acceptors (Lipinski definition) is 4. The Labute approximate surface area is 153 Å². The Morgan fingerprint density at radius 1 is 1.33 bits per heavy atom. The number of nitrogens with one attached hydrogen (secondary N) is 2. The molecule has 1 heterocycles. The van der Waals surface area contributed by atoms with Crippen LogP contribution >= 0.6 is 27.3 Å². The van der Waals surface area contributed by atoms with Crippen LogP contribution in [0.2, 0.25) is 0 Å². The molecule has 2 aromatic rings. The molecule has 0 saturated heterocycles. The van der Waals surface area contributed by atoms with Gasteiger partial charge in [0, 0.05) is 15.4 Å². The zero-order chi connectivity index (χ0) is 17.3. The maximum absolute atomic E-state index is 12.5. The summed E-state index contributed by atoms with van der Waals surface area (Å²) in [6, 6.07) is 8.25. The third-order valence-corrected chi connectivity index (χ3v) is 6.97. The van der Waals surface area contributed by atoms with Crippen molar-refractivity contribution in [2.45, 2.75) is 36.7 Å². The third-order valence-electron chi connectivity index (χ3n) is 3.71. The van der Waals surface area contributed by atoms with Crippen LogP contribution in [0.3, 0.4) is 0 Å². The van der Waals surface area contributed by atoms with E-state index in [1.54, 1.807) is 17.4 Å². The van der Waals surface area contributed by atoms with Gasteiger partial charge >= 0.3 is 0 Å². The summed E-state index contributed by atoms with van der Waals surface area (Å²) in [5.41, 5.74) is 0.303. The Morgan fingerprint density at radius 2 is 2.08 bits per heavy atom. The number of halogens is 1. The highest BCUT2D eigenvalue weighted by Gasteiger charge is 2.28. The summed E-state index contributed by atoms with van der Waals surface area (Å²) in [7, 11) is -3.59. The molecule has 1 atom stereocenters. The quantitative estimate of drug-likeness (QED) is 0.739. The second-order valence-corrected chi connectivity index (χ2v) is 9.30. The van der Waals surface area contributed by atoms with Crippen LogP contribution in [0, 0.1) is 0 Å². The Hall–Kier alpha value is -1.22. The van der Waals surface area contributed by atoms with Crippen molar-refractivity contribution in [3.05, 3.63) is 50.6 Å². The number of amides is 1. The summed E-state index contributed by atoms with van der Waals surface area (Å²) in [6.07, 6.45) is 1.73. The lowest BCUT2D eigenvalue weighted by atomic mass is 10.2. The van der Waals surface area contributed by atoms with Crippen molar-refractivity contribution >= 4 is 43.2 Å². The summed E-state index contributed by atoms with van der Waals surface area (Å²) >= 11 is 4.89. The van der Waals surface area contributed by atoms with E-state index < -0.39 is 10.0 Å². The summed E-state index contributed by atoms with van der Waals surface area (Å²) < 4.78 is 27.8. The van der Waals surface area contributed by atoms with Crippen LogP contribution in [-0.4, -0.2) is 20.4 Å². The maximum Gasteiger partial charge on any atom is 0.252 e. The van der Waals surface area contributed by atoms with E-state index in [4.69, 9.17) is 0 Å². The van der Waals surface area contributed by atoms with Gasteiger partial charge in [-0.2, -0.15) is 0 Å². The van der Waals surface area contributed by atoms with Crippen LogP contribution < -0.4 is 10.0 Å². The fourth-order valence-electron chi connectivity index (χ4n) is 2.22. The lowest BCUT2D eigenvalue weighted by Crippen LogP contribution is -2.28. The van der Waals surface area contributed by atoms with Crippen molar-refractivity contribution in [1.82, 2.24) is 10.0 Å². The van der Waals surface area contributed by atoms with Crippen LogP contribution in [0.1, 0.15) is 41.0 Å². The van der Waals surface area contributed by atoms with E-state index >= 15 is 0 Å². The molecule has 1 amide bonds. The highest BCUT2D eigenvalue weighted by Crippen LogP contribution is 2.26. The molecule has 1 aliphatic rings. The average molecular weight is 429 g/mol. The number of hydrogen-bond donors (Lipinski definition) is 2. The minimum absolute atomic E-state index is 0.0229. The molecule has 24 heavy (non-hydrogen) atoms. The molecule has 8 heteroatoms. The fraction of sp³-hybridized carbons (Fsp3) is 0.312. The van der Waals surface area contributed by atoms with Gasteiger partial charge in [-0.25, -0.2) is 13.1 Å². The Bertz CT molecular complexity index is 846. The van der Waals surface area contributed by atoms with Crippen LogP contribution in [0.25, 0.3) is 0 Å². The van der Waals surface area contributed by atoms with E-state index in [2.05, 4.69) is 26.0 Å². The molecule has 2 N–H and O–H groups in total. The minimum atomic E-state index is -3.59. The smallest absolute Gasteiger partial charge is 0.252 e. The zero-order valence-electron chi connectivity index (χ0n) is 13.0. The highest BCUT2D eigenvalue weighted by molar-refractivity contribution is 9.10. The minimum Gasteiger partial charge on any atom is -0.345 e.